The summed E-state index contributed by atoms with van der Waals surface area (Å²) in [5, 5.41) is 3.78. The quantitative estimate of drug-likeness (QED) is 0.813. The highest BCUT2D eigenvalue weighted by atomic mass is 79.9. The van der Waals surface area contributed by atoms with E-state index < -0.39 is 0 Å². The predicted molar refractivity (Wildman–Crippen MR) is 78.6 cm³/mol. The fraction of sp³-hybridized carbons (Fsp3) is 0.500. The first-order valence-corrected chi connectivity index (χ1v) is 7.56. The normalized spacial score (nSPS) is 23.7. The SMILES string of the molecule is Cc1cc(Cl)ccc1C(=O)NC1CCC(Br)CC1. The number of rotatable bonds is 2. The van der Waals surface area contributed by atoms with E-state index in [0.717, 1.165) is 36.8 Å². The lowest BCUT2D eigenvalue weighted by Crippen LogP contribution is -2.38. The van der Waals surface area contributed by atoms with Crippen molar-refractivity contribution in [2.45, 2.75) is 43.5 Å². The Morgan fingerprint density at radius 2 is 2.00 bits per heavy atom. The molecule has 1 aliphatic rings. The highest BCUT2D eigenvalue weighted by Crippen LogP contribution is 2.24. The third kappa shape index (κ3) is 3.48. The van der Waals surface area contributed by atoms with E-state index in [9.17, 15) is 4.79 Å². The van der Waals surface area contributed by atoms with Crippen molar-refractivity contribution in [3.05, 3.63) is 34.3 Å². The minimum absolute atomic E-state index is 0.0159. The van der Waals surface area contributed by atoms with Gasteiger partial charge < -0.3 is 5.32 Å². The minimum atomic E-state index is 0.0159. The summed E-state index contributed by atoms with van der Waals surface area (Å²) in [5.41, 5.74) is 1.65. The van der Waals surface area contributed by atoms with Crippen molar-refractivity contribution in [3.63, 3.8) is 0 Å². The largest absolute Gasteiger partial charge is 0.349 e. The first-order chi connectivity index (χ1) is 8.56. The summed E-state index contributed by atoms with van der Waals surface area (Å²) < 4.78 is 0. The molecular formula is C14H17BrClNO. The Kier molecular flexibility index (Phi) is 4.68. The van der Waals surface area contributed by atoms with Crippen molar-refractivity contribution < 1.29 is 4.79 Å². The molecular weight excluding hydrogens is 314 g/mol. The molecule has 1 aromatic rings. The summed E-state index contributed by atoms with van der Waals surface area (Å²) in [7, 11) is 0. The maximum Gasteiger partial charge on any atom is 0.251 e. The molecule has 1 amide bonds. The van der Waals surface area contributed by atoms with Gasteiger partial charge in [-0.15, -0.1) is 0 Å². The van der Waals surface area contributed by atoms with Crippen molar-refractivity contribution in [2.24, 2.45) is 0 Å². The fourth-order valence-corrected chi connectivity index (χ4v) is 3.10. The summed E-state index contributed by atoms with van der Waals surface area (Å²) in [6, 6.07) is 5.69. The predicted octanol–water partition coefficient (Wildman–Crippen LogP) is 4.08. The Morgan fingerprint density at radius 1 is 1.33 bits per heavy atom. The molecule has 0 radical (unpaired) electrons. The average molecular weight is 331 g/mol. The monoisotopic (exact) mass is 329 g/mol. The lowest BCUT2D eigenvalue weighted by molar-refractivity contribution is 0.0927. The Labute approximate surface area is 121 Å². The third-order valence-corrected chi connectivity index (χ3v) is 4.58. The molecule has 1 aliphatic carbocycles. The van der Waals surface area contributed by atoms with E-state index in [4.69, 9.17) is 11.6 Å². The van der Waals surface area contributed by atoms with E-state index in [-0.39, 0.29) is 5.91 Å². The van der Waals surface area contributed by atoms with E-state index >= 15 is 0 Å². The molecule has 98 valence electrons. The third-order valence-electron chi connectivity index (χ3n) is 3.43. The number of aryl methyl sites for hydroxylation is 1. The first-order valence-electron chi connectivity index (χ1n) is 6.27. The molecule has 1 aromatic carbocycles. The molecule has 0 spiro atoms. The van der Waals surface area contributed by atoms with Gasteiger partial charge in [0.1, 0.15) is 0 Å². The van der Waals surface area contributed by atoms with E-state index in [2.05, 4.69) is 21.2 Å². The van der Waals surface area contributed by atoms with Crippen LogP contribution in [0.25, 0.3) is 0 Å². The van der Waals surface area contributed by atoms with Gasteiger partial charge in [-0.3, -0.25) is 4.79 Å². The topological polar surface area (TPSA) is 29.1 Å². The van der Waals surface area contributed by atoms with Crippen LogP contribution in [-0.4, -0.2) is 16.8 Å². The van der Waals surface area contributed by atoms with Gasteiger partial charge in [0.2, 0.25) is 0 Å². The van der Waals surface area contributed by atoms with E-state index in [0.29, 0.717) is 15.9 Å². The number of carbonyl (C=O) groups is 1. The van der Waals surface area contributed by atoms with E-state index in [1.54, 1.807) is 12.1 Å². The Morgan fingerprint density at radius 3 is 2.61 bits per heavy atom. The highest BCUT2D eigenvalue weighted by molar-refractivity contribution is 9.09. The van der Waals surface area contributed by atoms with Crippen LogP contribution in [0.5, 0.6) is 0 Å². The molecule has 0 aliphatic heterocycles. The van der Waals surface area contributed by atoms with Gasteiger partial charge in [-0.05, 0) is 56.4 Å². The van der Waals surface area contributed by atoms with Gasteiger partial charge in [0.25, 0.3) is 5.91 Å². The maximum absolute atomic E-state index is 12.2. The Balaban J connectivity index is 1.99. The number of carbonyl (C=O) groups excluding carboxylic acids is 1. The van der Waals surface area contributed by atoms with Crippen molar-refractivity contribution in [1.29, 1.82) is 0 Å². The molecule has 4 heteroatoms. The standard InChI is InChI=1S/C14H17BrClNO/c1-9-8-11(16)4-7-13(9)14(18)17-12-5-2-10(15)3-6-12/h4,7-8,10,12H,2-3,5-6H2,1H3,(H,17,18). The molecule has 2 nitrogen and oxygen atoms in total. The van der Waals surface area contributed by atoms with Gasteiger partial charge in [-0.2, -0.15) is 0 Å². The van der Waals surface area contributed by atoms with Crippen LogP contribution in [0.2, 0.25) is 5.02 Å². The number of halogens is 2. The maximum atomic E-state index is 12.2. The number of alkyl halides is 1. The van der Waals surface area contributed by atoms with Crippen LogP contribution < -0.4 is 5.32 Å². The fourth-order valence-electron chi connectivity index (χ4n) is 2.34. The molecule has 0 atom stereocenters. The number of hydrogen-bond acceptors (Lipinski definition) is 1. The molecule has 18 heavy (non-hydrogen) atoms. The zero-order chi connectivity index (χ0) is 13.1. The molecule has 0 heterocycles. The second kappa shape index (κ2) is 6.07. The Hall–Kier alpha value is -0.540. The number of benzene rings is 1. The summed E-state index contributed by atoms with van der Waals surface area (Å²) >= 11 is 9.51. The van der Waals surface area contributed by atoms with Crippen molar-refractivity contribution in [1.82, 2.24) is 5.32 Å². The van der Waals surface area contributed by atoms with Crippen LogP contribution in [0.4, 0.5) is 0 Å². The van der Waals surface area contributed by atoms with Gasteiger partial charge >= 0.3 is 0 Å². The van der Waals surface area contributed by atoms with Crippen LogP contribution >= 0.6 is 27.5 Å². The van der Waals surface area contributed by atoms with Crippen LogP contribution in [0.3, 0.4) is 0 Å². The van der Waals surface area contributed by atoms with Crippen LogP contribution in [-0.2, 0) is 0 Å². The van der Waals surface area contributed by atoms with Crippen molar-refractivity contribution >= 4 is 33.4 Å². The summed E-state index contributed by atoms with van der Waals surface area (Å²) in [4.78, 5) is 12.8. The molecule has 0 aromatic heterocycles. The second-order valence-corrected chi connectivity index (χ2v) is 6.61. The summed E-state index contributed by atoms with van der Waals surface area (Å²) in [5.74, 6) is 0.0159. The van der Waals surface area contributed by atoms with Gasteiger partial charge in [0, 0.05) is 21.5 Å². The van der Waals surface area contributed by atoms with Gasteiger partial charge in [-0.1, -0.05) is 27.5 Å². The zero-order valence-electron chi connectivity index (χ0n) is 10.4. The molecule has 0 bridgehead atoms. The molecule has 2 rings (SSSR count). The van der Waals surface area contributed by atoms with Crippen LogP contribution in [0.1, 0.15) is 41.6 Å². The second-order valence-electron chi connectivity index (χ2n) is 4.88. The number of nitrogens with one attached hydrogen (secondary N) is 1. The molecule has 1 fully saturated rings. The number of hydrogen-bond donors (Lipinski definition) is 1. The Bertz CT molecular complexity index is 441. The highest BCUT2D eigenvalue weighted by Gasteiger charge is 2.21. The lowest BCUT2D eigenvalue weighted by atomic mass is 9.95. The first kappa shape index (κ1) is 13.9. The molecule has 0 saturated heterocycles. The summed E-state index contributed by atoms with van der Waals surface area (Å²) in [6.07, 6.45) is 4.36. The van der Waals surface area contributed by atoms with Gasteiger partial charge in [0.15, 0.2) is 0 Å². The number of amides is 1. The van der Waals surface area contributed by atoms with Crippen molar-refractivity contribution in [3.8, 4) is 0 Å². The molecule has 1 saturated carbocycles. The molecule has 1 N–H and O–H groups in total. The van der Waals surface area contributed by atoms with Gasteiger partial charge in [0.05, 0.1) is 0 Å². The lowest BCUT2D eigenvalue weighted by Gasteiger charge is -2.26. The van der Waals surface area contributed by atoms with E-state index in [1.807, 2.05) is 13.0 Å². The van der Waals surface area contributed by atoms with Crippen LogP contribution in [0, 0.1) is 6.92 Å². The zero-order valence-corrected chi connectivity index (χ0v) is 12.7. The minimum Gasteiger partial charge on any atom is -0.349 e. The van der Waals surface area contributed by atoms with E-state index in [1.165, 1.54) is 0 Å². The molecule has 0 unspecified atom stereocenters. The van der Waals surface area contributed by atoms with Crippen LogP contribution in [0.15, 0.2) is 18.2 Å². The average Bonchev–Trinajstić information content (AvgIpc) is 2.32. The smallest absolute Gasteiger partial charge is 0.251 e. The van der Waals surface area contributed by atoms with Crippen molar-refractivity contribution in [2.75, 3.05) is 0 Å². The summed E-state index contributed by atoms with van der Waals surface area (Å²) in [6.45, 7) is 1.91. The van der Waals surface area contributed by atoms with Gasteiger partial charge in [-0.25, -0.2) is 0 Å².